The van der Waals surface area contributed by atoms with Crippen LogP contribution in [0, 0.1) is 0 Å². The van der Waals surface area contributed by atoms with Crippen molar-refractivity contribution in [3.8, 4) is 0 Å². The average Bonchev–Trinajstić information content (AvgIpc) is 2.78. The second-order valence-corrected chi connectivity index (χ2v) is 4.14. The molecule has 0 aromatic carbocycles. The molecule has 0 atom stereocenters. The zero-order chi connectivity index (χ0) is 11.0. The van der Waals surface area contributed by atoms with Gasteiger partial charge in [0.1, 0.15) is 6.33 Å². The highest BCUT2D eigenvalue weighted by Gasteiger charge is 2.19. The zero-order valence-corrected chi connectivity index (χ0v) is 8.95. The van der Waals surface area contributed by atoms with E-state index in [0.717, 1.165) is 37.4 Å². The molecule has 2 aromatic rings. The summed E-state index contributed by atoms with van der Waals surface area (Å²) < 4.78 is 1.89. The fourth-order valence-electron chi connectivity index (χ4n) is 2.08. The summed E-state index contributed by atoms with van der Waals surface area (Å²) in [6, 6.07) is 0.328. The minimum absolute atomic E-state index is 0.328. The van der Waals surface area contributed by atoms with E-state index >= 15 is 0 Å². The van der Waals surface area contributed by atoms with Crippen LogP contribution in [0.4, 0.5) is 5.82 Å². The Bertz CT molecular complexity index is 485. The summed E-state index contributed by atoms with van der Waals surface area (Å²) in [5, 5.41) is 7.98. The van der Waals surface area contributed by atoms with Gasteiger partial charge >= 0.3 is 0 Å². The quantitative estimate of drug-likeness (QED) is 0.732. The second-order valence-electron chi connectivity index (χ2n) is 4.14. The fourth-order valence-corrected chi connectivity index (χ4v) is 2.08. The molecule has 1 saturated heterocycles. The number of anilines is 1. The SMILES string of the molecule is NC1CCN(c2nccn3cnnc23)CC1. The van der Waals surface area contributed by atoms with E-state index in [2.05, 4.69) is 20.1 Å². The number of fused-ring (bicyclic) bond motifs is 1. The Balaban J connectivity index is 1.96. The van der Waals surface area contributed by atoms with Crippen LogP contribution in [0.1, 0.15) is 12.8 Å². The summed E-state index contributed by atoms with van der Waals surface area (Å²) in [5.74, 6) is 0.909. The van der Waals surface area contributed by atoms with Gasteiger partial charge in [-0.05, 0) is 12.8 Å². The van der Waals surface area contributed by atoms with E-state index in [0.29, 0.717) is 6.04 Å². The molecule has 3 heterocycles. The van der Waals surface area contributed by atoms with Crippen molar-refractivity contribution in [2.75, 3.05) is 18.0 Å². The van der Waals surface area contributed by atoms with E-state index in [1.807, 2.05) is 10.6 Å². The summed E-state index contributed by atoms with van der Waals surface area (Å²) in [6.07, 6.45) is 7.35. The molecule has 2 aromatic heterocycles. The average molecular weight is 218 g/mol. The van der Waals surface area contributed by atoms with Crippen molar-refractivity contribution >= 4 is 11.5 Å². The Morgan fingerprint density at radius 3 is 2.94 bits per heavy atom. The van der Waals surface area contributed by atoms with E-state index < -0.39 is 0 Å². The summed E-state index contributed by atoms with van der Waals surface area (Å²) in [6.45, 7) is 1.89. The van der Waals surface area contributed by atoms with Gasteiger partial charge in [-0.25, -0.2) is 4.98 Å². The number of rotatable bonds is 1. The van der Waals surface area contributed by atoms with E-state index in [-0.39, 0.29) is 0 Å². The molecule has 6 heteroatoms. The predicted molar refractivity (Wildman–Crippen MR) is 60.2 cm³/mol. The molecular weight excluding hydrogens is 204 g/mol. The van der Waals surface area contributed by atoms with Crippen molar-refractivity contribution in [1.82, 2.24) is 19.6 Å². The van der Waals surface area contributed by atoms with Crippen molar-refractivity contribution in [1.29, 1.82) is 0 Å². The number of hydrogen-bond donors (Lipinski definition) is 1. The van der Waals surface area contributed by atoms with Crippen molar-refractivity contribution in [3.05, 3.63) is 18.7 Å². The molecule has 0 amide bonds. The maximum Gasteiger partial charge on any atom is 0.203 e. The van der Waals surface area contributed by atoms with Crippen molar-refractivity contribution in [3.63, 3.8) is 0 Å². The third-order valence-electron chi connectivity index (χ3n) is 3.04. The Labute approximate surface area is 93.1 Å². The maximum absolute atomic E-state index is 5.89. The summed E-state index contributed by atoms with van der Waals surface area (Å²) in [5.41, 5.74) is 6.70. The first-order chi connectivity index (χ1) is 7.84. The zero-order valence-electron chi connectivity index (χ0n) is 8.95. The highest BCUT2D eigenvalue weighted by molar-refractivity contribution is 5.63. The van der Waals surface area contributed by atoms with Gasteiger partial charge in [0, 0.05) is 31.5 Å². The smallest absolute Gasteiger partial charge is 0.203 e. The normalized spacial score (nSPS) is 18.2. The van der Waals surface area contributed by atoms with E-state index in [9.17, 15) is 0 Å². The minimum Gasteiger partial charge on any atom is -0.353 e. The Kier molecular flexibility index (Phi) is 2.21. The monoisotopic (exact) mass is 218 g/mol. The number of piperidine rings is 1. The maximum atomic E-state index is 5.89. The number of aromatic nitrogens is 4. The van der Waals surface area contributed by atoms with Gasteiger partial charge in [-0.3, -0.25) is 4.40 Å². The van der Waals surface area contributed by atoms with Crippen LogP contribution in [-0.4, -0.2) is 38.7 Å². The molecule has 6 nitrogen and oxygen atoms in total. The number of nitrogens with two attached hydrogens (primary N) is 1. The van der Waals surface area contributed by atoms with Gasteiger partial charge < -0.3 is 10.6 Å². The Morgan fingerprint density at radius 1 is 1.31 bits per heavy atom. The van der Waals surface area contributed by atoms with Gasteiger partial charge in [-0.2, -0.15) is 0 Å². The van der Waals surface area contributed by atoms with Crippen molar-refractivity contribution in [2.45, 2.75) is 18.9 Å². The molecular formula is C10H14N6. The lowest BCUT2D eigenvalue weighted by atomic mass is 10.1. The van der Waals surface area contributed by atoms with Crippen LogP contribution in [0.15, 0.2) is 18.7 Å². The summed E-state index contributed by atoms with van der Waals surface area (Å²) in [4.78, 5) is 6.62. The second kappa shape index (κ2) is 3.71. The fraction of sp³-hybridized carbons (Fsp3) is 0.500. The molecule has 84 valence electrons. The van der Waals surface area contributed by atoms with Gasteiger partial charge in [0.25, 0.3) is 0 Å². The van der Waals surface area contributed by atoms with Gasteiger partial charge in [0.05, 0.1) is 0 Å². The first-order valence-electron chi connectivity index (χ1n) is 5.49. The minimum atomic E-state index is 0.328. The summed E-state index contributed by atoms with van der Waals surface area (Å²) >= 11 is 0. The van der Waals surface area contributed by atoms with Gasteiger partial charge in [0.15, 0.2) is 5.82 Å². The largest absolute Gasteiger partial charge is 0.353 e. The van der Waals surface area contributed by atoms with Crippen LogP contribution in [-0.2, 0) is 0 Å². The molecule has 0 unspecified atom stereocenters. The lowest BCUT2D eigenvalue weighted by molar-refractivity contribution is 0.499. The standard InChI is InChI=1S/C10H14N6/c11-8-1-4-15(5-2-8)9-10-14-13-7-16(10)6-3-12-9/h3,6-8H,1-2,4-5,11H2. The van der Waals surface area contributed by atoms with Gasteiger partial charge in [-0.15, -0.1) is 10.2 Å². The Morgan fingerprint density at radius 2 is 2.12 bits per heavy atom. The van der Waals surface area contributed by atoms with Crippen LogP contribution < -0.4 is 10.6 Å². The molecule has 1 aliphatic heterocycles. The molecule has 1 fully saturated rings. The molecule has 0 bridgehead atoms. The third kappa shape index (κ3) is 1.51. The van der Waals surface area contributed by atoms with Crippen molar-refractivity contribution in [2.24, 2.45) is 5.73 Å². The molecule has 1 aliphatic rings. The third-order valence-corrected chi connectivity index (χ3v) is 3.04. The van der Waals surface area contributed by atoms with Crippen LogP contribution >= 0.6 is 0 Å². The van der Waals surface area contributed by atoms with E-state index in [1.165, 1.54) is 0 Å². The first-order valence-corrected chi connectivity index (χ1v) is 5.49. The number of hydrogen-bond acceptors (Lipinski definition) is 5. The Hall–Kier alpha value is -1.69. The van der Waals surface area contributed by atoms with Crippen LogP contribution in [0.5, 0.6) is 0 Å². The van der Waals surface area contributed by atoms with Crippen molar-refractivity contribution < 1.29 is 0 Å². The summed E-state index contributed by atoms with van der Waals surface area (Å²) in [7, 11) is 0. The van der Waals surface area contributed by atoms with Crippen LogP contribution in [0.25, 0.3) is 5.65 Å². The first kappa shape index (κ1) is 9.53. The van der Waals surface area contributed by atoms with Crippen LogP contribution in [0.2, 0.25) is 0 Å². The van der Waals surface area contributed by atoms with Crippen LogP contribution in [0.3, 0.4) is 0 Å². The lowest BCUT2D eigenvalue weighted by Crippen LogP contribution is -2.40. The molecule has 3 rings (SSSR count). The topological polar surface area (TPSA) is 72.3 Å². The van der Waals surface area contributed by atoms with E-state index in [1.54, 1.807) is 12.5 Å². The molecule has 0 spiro atoms. The van der Waals surface area contributed by atoms with E-state index in [4.69, 9.17) is 5.73 Å². The highest BCUT2D eigenvalue weighted by Crippen LogP contribution is 2.20. The van der Waals surface area contributed by atoms with Gasteiger partial charge in [-0.1, -0.05) is 0 Å². The molecule has 0 radical (unpaired) electrons. The van der Waals surface area contributed by atoms with Gasteiger partial charge in [0.2, 0.25) is 5.65 Å². The lowest BCUT2D eigenvalue weighted by Gasteiger charge is -2.30. The molecule has 16 heavy (non-hydrogen) atoms. The molecule has 2 N–H and O–H groups in total. The predicted octanol–water partition coefficient (Wildman–Crippen LogP) is 0.0518. The molecule has 0 aliphatic carbocycles. The number of nitrogens with zero attached hydrogens (tertiary/aromatic N) is 5. The highest BCUT2D eigenvalue weighted by atomic mass is 15.3. The molecule has 0 saturated carbocycles.